The Hall–Kier alpha value is -2.99. The molecule has 2 rings (SSSR count). The number of aliphatic hydroxyl groups excluding tert-OH is 1. The van der Waals surface area contributed by atoms with Gasteiger partial charge in [-0.2, -0.15) is 0 Å². The van der Waals surface area contributed by atoms with Crippen molar-refractivity contribution in [2.75, 3.05) is 13.2 Å². The lowest BCUT2D eigenvalue weighted by Crippen LogP contribution is -2.59. The molecule has 3 amide bonds. The molecule has 1 aliphatic heterocycles. The van der Waals surface area contributed by atoms with Crippen molar-refractivity contribution in [1.29, 1.82) is 0 Å². The Labute approximate surface area is 185 Å². The number of aromatic amines is 1. The van der Waals surface area contributed by atoms with E-state index in [4.69, 9.17) is 0 Å². The van der Waals surface area contributed by atoms with Gasteiger partial charge >= 0.3 is 5.97 Å². The lowest BCUT2D eigenvalue weighted by atomic mass is 9.97. The maximum absolute atomic E-state index is 12.9. The van der Waals surface area contributed by atoms with Gasteiger partial charge in [0.15, 0.2) is 0 Å². The molecule has 0 aromatic carbocycles. The fraction of sp³-hybridized carbons (Fsp3) is 0.650. The maximum atomic E-state index is 12.9. The smallest absolute Gasteiger partial charge is 0.326 e. The largest absolute Gasteiger partial charge is 0.480 e. The molecule has 1 aromatic heterocycles. The first kappa shape index (κ1) is 25.3. The second-order valence-corrected chi connectivity index (χ2v) is 7.94. The third-order valence-electron chi connectivity index (χ3n) is 5.58. The number of nitrogens with one attached hydrogen (secondary N) is 5. The molecule has 1 aliphatic rings. The topological polar surface area (TPSA) is 186 Å². The van der Waals surface area contributed by atoms with Crippen molar-refractivity contribution >= 4 is 23.7 Å². The summed E-state index contributed by atoms with van der Waals surface area (Å²) >= 11 is 0. The molecule has 1 aromatic rings. The summed E-state index contributed by atoms with van der Waals surface area (Å²) in [6, 6.07) is -3.94. The Morgan fingerprint density at radius 1 is 1.19 bits per heavy atom. The molecule has 1 fully saturated rings. The van der Waals surface area contributed by atoms with Crippen LogP contribution in [0, 0.1) is 5.92 Å². The number of aromatic nitrogens is 2. The minimum atomic E-state index is -1.23. The van der Waals surface area contributed by atoms with E-state index in [-0.39, 0.29) is 12.3 Å². The number of aliphatic hydroxyl groups is 1. The van der Waals surface area contributed by atoms with E-state index < -0.39 is 54.5 Å². The summed E-state index contributed by atoms with van der Waals surface area (Å²) in [7, 11) is 0. The predicted molar refractivity (Wildman–Crippen MR) is 113 cm³/mol. The highest BCUT2D eigenvalue weighted by molar-refractivity contribution is 5.94. The van der Waals surface area contributed by atoms with Crippen molar-refractivity contribution < 1.29 is 29.4 Å². The molecule has 2 heterocycles. The molecule has 5 atom stereocenters. The summed E-state index contributed by atoms with van der Waals surface area (Å²) in [5.41, 5.74) is 0.533. The van der Waals surface area contributed by atoms with Crippen LogP contribution in [0.5, 0.6) is 0 Å². The summed E-state index contributed by atoms with van der Waals surface area (Å²) < 4.78 is 0. The standard InChI is InChI=1S/C20H32N6O6/c1-3-11(2)16(19(30)24-14(20(31)32)7-12-8-21-10-23-12)26-18(29)15(9-27)25-17(28)13-5-4-6-22-13/h8,10-11,13-16,22,27H,3-7,9H2,1-2H3,(H,21,23)(H,24,30)(H,25,28)(H,26,29)(H,31,32)/t11-,13-,14-,15-,16-/m0/s1. The fourth-order valence-electron chi connectivity index (χ4n) is 3.41. The third kappa shape index (κ3) is 7.02. The number of hydrogen-bond donors (Lipinski definition) is 7. The summed E-state index contributed by atoms with van der Waals surface area (Å²) in [5.74, 6) is -3.34. The Morgan fingerprint density at radius 2 is 1.94 bits per heavy atom. The van der Waals surface area contributed by atoms with Crippen molar-refractivity contribution in [2.24, 2.45) is 5.92 Å². The molecule has 12 heteroatoms. The summed E-state index contributed by atoms with van der Waals surface area (Å²) in [5, 5.41) is 29.6. The van der Waals surface area contributed by atoms with Crippen molar-refractivity contribution in [2.45, 2.75) is 63.7 Å². The number of H-pyrrole nitrogens is 1. The number of hydrogen-bond acceptors (Lipinski definition) is 7. The van der Waals surface area contributed by atoms with Crippen LogP contribution in [0.1, 0.15) is 38.8 Å². The summed E-state index contributed by atoms with van der Waals surface area (Å²) in [6.07, 6.45) is 4.86. The number of carbonyl (C=O) groups excluding carboxylic acids is 3. The zero-order chi connectivity index (χ0) is 23.7. The van der Waals surface area contributed by atoms with E-state index in [2.05, 4.69) is 31.2 Å². The average Bonchev–Trinajstić information content (AvgIpc) is 3.48. The van der Waals surface area contributed by atoms with Crippen LogP contribution in [0.3, 0.4) is 0 Å². The van der Waals surface area contributed by atoms with E-state index in [1.165, 1.54) is 12.5 Å². The third-order valence-corrected chi connectivity index (χ3v) is 5.58. The molecule has 32 heavy (non-hydrogen) atoms. The van der Waals surface area contributed by atoms with Crippen LogP contribution in [0.2, 0.25) is 0 Å². The Bertz CT molecular complexity index is 780. The normalized spacial score (nSPS) is 19.4. The number of carboxylic acids is 1. The van der Waals surface area contributed by atoms with E-state index in [1.807, 2.05) is 6.92 Å². The molecule has 12 nitrogen and oxygen atoms in total. The van der Waals surface area contributed by atoms with Crippen molar-refractivity contribution in [3.63, 3.8) is 0 Å². The monoisotopic (exact) mass is 452 g/mol. The van der Waals surface area contributed by atoms with Gasteiger partial charge in [0.25, 0.3) is 0 Å². The summed E-state index contributed by atoms with van der Waals surface area (Å²) in [4.78, 5) is 56.1. The van der Waals surface area contributed by atoms with Gasteiger partial charge in [-0.1, -0.05) is 20.3 Å². The summed E-state index contributed by atoms with van der Waals surface area (Å²) in [6.45, 7) is 3.63. The molecule has 0 radical (unpaired) electrons. The molecule has 1 saturated heterocycles. The van der Waals surface area contributed by atoms with Crippen LogP contribution in [0.25, 0.3) is 0 Å². The minimum absolute atomic E-state index is 0.00798. The van der Waals surface area contributed by atoms with Gasteiger partial charge < -0.3 is 36.5 Å². The highest BCUT2D eigenvalue weighted by Crippen LogP contribution is 2.10. The maximum Gasteiger partial charge on any atom is 0.326 e. The molecule has 0 spiro atoms. The van der Waals surface area contributed by atoms with Gasteiger partial charge in [0.05, 0.1) is 19.0 Å². The van der Waals surface area contributed by atoms with Gasteiger partial charge in [-0.3, -0.25) is 14.4 Å². The van der Waals surface area contributed by atoms with Crippen LogP contribution in [-0.4, -0.2) is 81.2 Å². The average molecular weight is 453 g/mol. The van der Waals surface area contributed by atoms with Gasteiger partial charge in [-0.15, -0.1) is 0 Å². The number of carboxylic acid groups (broad SMARTS) is 1. The Balaban J connectivity index is 2.04. The number of aliphatic carboxylic acids is 1. The zero-order valence-corrected chi connectivity index (χ0v) is 18.3. The molecule has 0 unspecified atom stereocenters. The number of rotatable bonds is 12. The first-order chi connectivity index (χ1) is 15.3. The van der Waals surface area contributed by atoms with E-state index in [1.54, 1.807) is 6.92 Å². The second-order valence-electron chi connectivity index (χ2n) is 7.94. The lowest BCUT2D eigenvalue weighted by molar-refractivity contribution is -0.142. The molecular weight excluding hydrogens is 420 g/mol. The van der Waals surface area contributed by atoms with Crippen LogP contribution < -0.4 is 21.3 Å². The highest BCUT2D eigenvalue weighted by Gasteiger charge is 2.33. The van der Waals surface area contributed by atoms with Crippen LogP contribution in [0.15, 0.2) is 12.5 Å². The first-order valence-electron chi connectivity index (χ1n) is 10.7. The number of amides is 3. The van der Waals surface area contributed by atoms with Gasteiger partial charge in [0.2, 0.25) is 17.7 Å². The van der Waals surface area contributed by atoms with E-state index in [0.717, 1.165) is 6.42 Å². The molecule has 178 valence electrons. The number of imidazole rings is 1. The lowest BCUT2D eigenvalue weighted by Gasteiger charge is -2.27. The van der Waals surface area contributed by atoms with Crippen LogP contribution in [-0.2, 0) is 25.6 Å². The molecule has 0 saturated carbocycles. The molecular formula is C20H32N6O6. The van der Waals surface area contributed by atoms with Crippen molar-refractivity contribution in [3.05, 3.63) is 18.2 Å². The quantitative estimate of drug-likeness (QED) is 0.195. The van der Waals surface area contributed by atoms with Crippen LogP contribution in [0.4, 0.5) is 0 Å². The molecule has 7 N–H and O–H groups in total. The second kappa shape index (κ2) is 12.2. The van der Waals surface area contributed by atoms with E-state index in [9.17, 15) is 29.4 Å². The molecule has 0 bridgehead atoms. The Kier molecular flexibility index (Phi) is 9.60. The Morgan fingerprint density at radius 3 is 2.47 bits per heavy atom. The SMILES string of the molecule is CC[C@H](C)[C@H](NC(=O)[C@H](CO)NC(=O)[C@@H]1CCCN1)C(=O)N[C@@H](Cc1cnc[nH]1)C(=O)O. The zero-order valence-electron chi connectivity index (χ0n) is 18.3. The van der Waals surface area contributed by atoms with Gasteiger partial charge in [-0.25, -0.2) is 9.78 Å². The van der Waals surface area contributed by atoms with Gasteiger partial charge in [-0.05, 0) is 25.3 Å². The van der Waals surface area contributed by atoms with Crippen LogP contribution >= 0.6 is 0 Å². The van der Waals surface area contributed by atoms with Crippen molar-refractivity contribution in [1.82, 2.24) is 31.2 Å². The number of nitrogens with zero attached hydrogens (tertiary/aromatic N) is 1. The molecule has 0 aliphatic carbocycles. The first-order valence-corrected chi connectivity index (χ1v) is 10.7. The van der Waals surface area contributed by atoms with Gasteiger partial charge in [0, 0.05) is 18.3 Å². The van der Waals surface area contributed by atoms with E-state index >= 15 is 0 Å². The van der Waals surface area contributed by atoms with Gasteiger partial charge in [0.1, 0.15) is 18.1 Å². The number of carbonyl (C=O) groups is 4. The van der Waals surface area contributed by atoms with E-state index in [0.29, 0.717) is 25.1 Å². The predicted octanol–water partition coefficient (Wildman–Crippen LogP) is -1.72. The fourth-order valence-corrected chi connectivity index (χ4v) is 3.41. The minimum Gasteiger partial charge on any atom is -0.480 e. The highest BCUT2D eigenvalue weighted by atomic mass is 16.4. The van der Waals surface area contributed by atoms with Crippen molar-refractivity contribution in [3.8, 4) is 0 Å².